The zero-order valence-electron chi connectivity index (χ0n) is 13.0. The smallest absolute Gasteiger partial charge is 0.316 e. The van der Waals surface area contributed by atoms with Crippen LogP contribution in [-0.2, 0) is 20.9 Å². The monoisotopic (exact) mass is 309 g/mol. The van der Waals surface area contributed by atoms with Crippen LogP contribution in [0.4, 0.5) is 0 Å². The molecule has 0 bridgehead atoms. The van der Waals surface area contributed by atoms with E-state index in [1.807, 2.05) is 31.2 Å². The van der Waals surface area contributed by atoms with Gasteiger partial charge in [-0.05, 0) is 33.3 Å². The lowest BCUT2D eigenvalue weighted by atomic mass is 10.1. The molecular weight excluding hydrogens is 286 g/mol. The van der Waals surface area contributed by atoms with Crippen LogP contribution < -0.4 is 5.32 Å². The first kappa shape index (κ1) is 17.6. The molecular formula is C16H23NO3S. The normalized spacial score (nSPS) is 12.0. The Morgan fingerprint density at radius 2 is 1.81 bits per heavy atom. The number of amides is 1. The van der Waals surface area contributed by atoms with Crippen molar-refractivity contribution in [2.75, 3.05) is 5.75 Å². The van der Waals surface area contributed by atoms with Crippen LogP contribution in [0, 0.1) is 6.92 Å². The molecule has 1 aromatic carbocycles. The third-order valence-corrected chi connectivity index (χ3v) is 3.89. The Morgan fingerprint density at radius 1 is 1.19 bits per heavy atom. The molecule has 1 aromatic rings. The molecule has 1 N–H and O–H groups in total. The van der Waals surface area contributed by atoms with Crippen LogP contribution in [0.5, 0.6) is 0 Å². The van der Waals surface area contributed by atoms with Crippen molar-refractivity contribution in [3.8, 4) is 0 Å². The first-order valence-electron chi connectivity index (χ1n) is 7.03. The van der Waals surface area contributed by atoms with Gasteiger partial charge in [0.25, 0.3) is 0 Å². The molecule has 4 nitrogen and oxygen atoms in total. The summed E-state index contributed by atoms with van der Waals surface area (Å²) in [5.74, 6) is -0.164. The van der Waals surface area contributed by atoms with Gasteiger partial charge in [0.15, 0.2) is 0 Å². The van der Waals surface area contributed by atoms with Crippen LogP contribution in [0.25, 0.3) is 0 Å². The van der Waals surface area contributed by atoms with Gasteiger partial charge >= 0.3 is 5.97 Å². The van der Waals surface area contributed by atoms with E-state index in [2.05, 4.69) is 5.32 Å². The average Bonchev–Trinajstić information content (AvgIpc) is 2.43. The van der Waals surface area contributed by atoms with E-state index in [1.54, 1.807) is 20.8 Å². The number of carbonyl (C=O) groups excluding carboxylic acids is 2. The molecule has 1 atom stereocenters. The Labute approximate surface area is 130 Å². The maximum Gasteiger partial charge on any atom is 0.316 e. The van der Waals surface area contributed by atoms with Crippen LogP contribution in [-0.4, -0.2) is 29.0 Å². The van der Waals surface area contributed by atoms with E-state index < -0.39 is 0 Å². The Bertz CT molecular complexity index is 471. The average molecular weight is 309 g/mol. The van der Waals surface area contributed by atoms with Crippen molar-refractivity contribution in [1.82, 2.24) is 5.32 Å². The highest BCUT2D eigenvalue weighted by atomic mass is 32.2. The number of ether oxygens (including phenoxy) is 1. The first-order chi connectivity index (χ1) is 9.88. The van der Waals surface area contributed by atoms with Crippen LogP contribution >= 0.6 is 11.8 Å². The van der Waals surface area contributed by atoms with Gasteiger partial charge in [-0.2, -0.15) is 0 Å². The van der Waals surface area contributed by atoms with Crippen molar-refractivity contribution < 1.29 is 14.3 Å². The fraction of sp³-hybridized carbons (Fsp3) is 0.500. The Kier molecular flexibility index (Phi) is 7.29. The van der Waals surface area contributed by atoms with E-state index in [9.17, 15) is 9.59 Å². The second-order valence-corrected chi connectivity index (χ2v) is 6.52. The van der Waals surface area contributed by atoms with Gasteiger partial charge in [-0.1, -0.05) is 29.8 Å². The van der Waals surface area contributed by atoms with Gasteiger partial charge in [0.1, 0.15) is 0 Å². The van der Waals surface area contributed by atoms with Gasteiger partial charge in [-0.25, -0.2) is 0 Å². The predicted molar refractivity (Wildman–Crippen MR) is 86.2 cm³/mol. The van der Waals surface area contributed by atoms with E-state index in [0.717, 1.165) is 5.56 Å². The van der Waals surface area contributed by atoms with E-state index in [0.29, 0.717) is 6.54 Å². The van der Waals surface area contributed by atoms with E-state index >= 15 is 0 Å². The molecule has 0 aliphatic rings. The van der Waals surface area contributed by atoms with Gasteiger partial charge in [-0.15, -0.1) is 11.8 Å². The molecule has 1 amide bonds. The number of rotatable bonds is 7. The molecule has 0 heterocycles. The number of nitrogens with one attached hydrogen (secondary N) is 1. The number of aryl methyl sites for hydroxylation is 1. The molecule has 0 aromatic heterocycles. The molecule has 0 saturated heterocycles. The van der Waals surface area contributed by atoms with Gasteiger partial charge in [0.2, 0.25) is 5.91 Å². The standard InChI is InChI=1S/C16H23NO3S/c1-11(2)20-15(18)10-21-13(4)16(19)17-9-14-7-5-12(3)6-8-14/h5-8,11,13H,9-10H2,1-4H3,(H,17,19). The lowest BCUT2D eigenvalue weighted by Gasteiger charge is -2.13. The molecule has 0 fully saturated rings. The molecule has 5 heteroatoms. The highest BCUT2D eigenvalue weighted by molar-refractivity contribution is 8.01. The summed E-state index contributed by atoms with van der Waals surface area (Å²) in [4.78, 5) is 23.4. The van der Waals surface area contributed by atoms with Crippen LogP contribution in [0.2, 0.25) is 0 Å². The molecule has 0 saturated carbocycles. The summed E-state index contributed by atoms with van der Waals surface area (Å²) in [7, 11) is 0. The Balaban J connectivity index is 2.31. The number of carbonyl (C=O) groups is 2. The van der Waals surface area contributed by atoms with Gasteiger partial charge in [0.05, 0.1) is 17.1 Å². The van der Waals surface area contributed by atoms with Crippen molar-refractivity contribution in [2.45, 2.75) is 45.6 Å². The lowest BCUT2D eigenvalue weighted by molar-refractivity contribution is -0.144. The van der Waals surface area contributed by atoms with Crippen LogP contribution in [0.15, 0.2) is 24.3 Å². The minimum atomic E-state index is -0.284. The van der Waals surface area contributed by atoms with E-state index in [4.69, 9.17) is 4.74 Å². The fourth-order valence-electron chi connectivity index (χ4n) is 1.60. The lowest BCUT2D eigenvalue weighted by Crippen LogP contribution is -2.31. The second-order valence-electron chi connectivity index (χ2n) is 5.20. The maximum absolute atomic E-state index is 11.9. The van der Waals surface area contributed by atoms with Crippen LogP contribution in [0.3, 0.4) is 0 Å². The van der Waals surface area contributed by atoms with Crippen molar-refractivity contribution in [3.05, 3.63) is 35.4 Å². The topological polar surface area (TPSA) is 55.4 Å². The highest BCUT2D eigenvalue weighted by Gasteiger charge is 2.16. The minimum absolute atomic E-state index is 0.0714. The molecule has 0 aliphatic carbocycles. The number of hydrogen-bond donors (Lipinski definition) is 1. The summed E-state index contributed by atoms with van der Waals surface area (Å²) >= 11 is 1.29. The molecule has 116 valence electrons. The van der Waals surface area contributed by atoms with Gasteiger partial charge in [-0.3, -0.25) is 9.59 Å². The summed E-state index contributed by atoms with van der Waals surface area (Å²) in [5.41, 5.74) is 2.25. The summed E-state index contributed by atoms with van der Waals surface area (Å²) in [5, 5.41) is 2.59. The van der Waals surface area contributed by atoms with Crippen molar-refractivity contribution in [1.29, 1.82) is 0 Å². The predicted octanol–water partition coefficient (Wildman–Crippen LogP) is 2.68. The van der Waals surface area contributed by atoms with Crippen molar-refractivity contribution in [2.24, 2.45) is 0 Å². The van der Waals surface area contributed by atoms with Gasteiger partial charge in [0, 0.05) is 6.54 Å². The molecule has 0 radical (unpaired) electrons. The fourth-order valence-corrected chi connectivity index (χ4v) is 2.29. The van der Waals surface area contributed by atoms with Crippen molar-refractivity contribution in [3.63, 3.8) is 0 Å². The number of benzene rings is 1. The number of esters is 1. The third-order valence-electron chi connectivity index (χ3n) is 2.77. The quantitative estimate of drug-likeness (QED) is 0.787. The van der Waals surface area contributed by atoms with E-state index in [1.165, 1.54) is 17.3 Å². The molecule has 21 heavy (non-hydrogen) atoms. The largest absolute Gasteiger partial charge is 0.462 e. The second kappa shape index (κ2) is 8.72. The summed E-state index contributed by atoms with van der Waals surface area (Å²) in [6.07, 6.45) is -0.122. The highest BCUT2D eigenvalue weighted by Crippen LogP contribution is 2.12. The summed E-state index contributed by atoms with van der Waals surface area (Å²) in [6.45, 7) is 7.93. The van der Waals surface area contributed by atoms with E-state index in [-0.39, 0.29) is 29.0 Å². The number of thioether (sulfide) groups is 1. The SMILES string of the molecule is Cc1ccc(CNC(=O)C(C)SCC(=O)OC(C)C)cc1. The molecule has 0 aliphatic heterocycles. The first-order valence-corrected chi connectivity index (χ1v) is 8.07. The minimum Gasteiger partial charge on any atom is -0.462 e. The molecule has 0 spiro atoms. The van der Waals surface area contributed by atoms with Gasteiger partial charge < -0.3 is 10.1 Å². The zero-order valence-corrected chi connectivity index (χ0v) is 13.8. The summed E-state index contributed by atoms with van der Waals surface area (Å²) in [6, 6.07) is 8.02. The zero-order chi connectivity index (χ0) is 15.8. The Hall–Kier alpha value is -1.49. The maximum atomic E-state index is 11.9. The molecule has 1 unspecified atom stereocenters. The molecule has 1 rings (SSSR count). The van der Waals surface area contributed by atoms with Crippen LogP contribution in [0.1, 0.15) is 31.9 Å². The van der Waals surface area contributed by atoms with Crippen molar-refractivity contribution >= 4 is 23.6 Å². The summed E-state index contributed by atoms with van der Waals surface area (Å²) < 4.78 is 5.03. The Morgan fingerprint density at radius 3 is 2.38 bits per heavy atom. The third kappa shape index (κ3) is 7.18. The number of hydrogen-bond acceptors (Lipinski definition) is 4.